The maximum atomic E-state index is 10.2. The molecule has 0 radical (unpaired) electrons. The average molecular weight is 286 g/mol. The topological polar surface area (TPSA) is 79.6 Å². The fraction of sp³-hybridized carbons (Fsp3) is 0.444. The van der Waals surface area contributed by atoms with E-state index < -0.39 is 6.10 Å². The van der Waals surface area contributed by atoms with Crippen molar-refractivity contribution in [2.75, 3.05) is 0 Å². The van der Waals surface area contributed by atoms with Crippen LogP contribution < -0.4 is 0 Å². The van der Waals surface area contributed by atoms with E-state index >= 15 is 0 Å². The molecule has 2 aromatic heterocycles. The van der Waals surface area contributed by atoms with Gasteiger partial charge >= 0.3 is 0 Å². The number of aliphatic hydroxyl groups is 1. The second-order valence-corrected chi connectivity index (χ2v) is 4.57. The molecule has 0 saturated carbocycles. The molecule has 1 atom stereocenters. The van der Waals surface area contributed by atoms with Crippen LogP contribution in [0, 0.1) is 0 Å². The van der Waals surface area contributed by atoms with Crippen molar-refractivity contribution in [2.24, 2.45) is 0 Å². The molecule has 0 aromatic carbocycles. The summed E-state index contributed by atoms with van der Waals surface area (Å²) in [7, 11) is 0. The van der Waals surface area contributed by atoms with Crippen molar-refractivity contribution in [2.45, 2.75) is 26.0 Å². The van der Waals surface area contributed by atoms with E-state index in [0.717, 1.165) is 4.47 Å². The Morgan fingerprint density at radius 2 is 2.19 bits per heavy atom. The third-order valence-electron chi connectivity index (χ3n) is 2.25. The minimum absolute atomic E-state index is 0.169. The van der Waals surface area contributed by atoms with Crippen molar-refractivity contribution < 1.29 is 5.11 Å². The molecule has 0 aliphatic heterocycles. The highest BCUT2D eigenvalue weighted by Crippen LogP contribution is 2.28. The second-order valence-electron chi connectivity index (χ2n) is 3.71. The first-order valence-corrected chi connectivity index (χ1v) is 5.67. The number of aromatic nitrogens is 5. The van der Waals surface area contributed by atoms with E-state index in [1.54, 1.807) is 10.9 Å². The van der Waals surface area contributed by atoms with Gasteiger partial charge in [-0.15, -0.1) is 0 Å². The van der Waals surface area contributed by atoms with Gasteiger partial charge in [0, 0.05) is 6.04 Å². The molecule has 86 valence electrons. The van der Waals surface area contributed by atoms with Crippen LogP contribution in [0.25, 0.3) is 0 Å². The van der Waals surface area contributed by atoms with Crippen molar-refractivity contribution >= 4 is 15.9 Å². The number of aliphatic hydroxyl groups excluding tert-OH is 1. The minimum Gasteiger partial charge on any atom is -0.380 e. The lowest BCUT2D eigenvalue weighted by atomic mass is 10.2. The van der Waals surface area contributed by atoms with Crippen molar-refractivity contribution in [3.05, 3.63) is 28.3 Å². The predicted octanol–water partition coefficient (Wildman–Crippen LogP) is 1.43. The fourth-order valence-electron chi connectivity index (χ4n) is 1.50. The predicted molar refractivity (Wildman–Crippen MR) is 60.8 cm³/mol. The Labute approximate surface area is 101 Å². The van der Waals surface area contributed by atoms with Gasteiger partial charge < -0.3 is 5.11 Å². The lowest BCUT2D eigenvalue weighted by molar-refractivity contribution is 0.199. The van der Waals surface area contributed by atoms with Crippen LogP contribution in [0.4, 0.5) is 0 Å². The molecule has 0 bridgehead atoms. The molecule has 0 spiro atoms. The van der Waals surface area contributed by atoms with Crippen molar-refractivity contribution in [1.29, 1.82) is 0 Å². The van der Waals surface area contributed by atoms with E-state index in [4.69, 9.17) is 0 Å². The summed E-state index contributed by atoms with van der Waals surface area (Å²) in [6.07, 6.45) is 2.32. The van der Waals surface area contributed by atoms with Gasteiger partial charge in [-0.3, -0.25) is 4.68 Å². The first kappa shape index (κ1) is 11.3. The van der Waals surface area contributed by atoms with Crippen molar-refractivity contribution in [3.8, 4) is 0 Å². The highest BCUT2D eigenvalue weighted by molar-refractivity contribution is 9.10. The Bertz CT molecular complexity index is 464. The summed E-state index contributed by atoms with van der Waals surface area (Å²) in [5.74, 6) is 0. The van der Waals surface area contributed by atoms with E-state index in [2.05, 4.69) is 36.4 Å². The molecule has 0 saturated heterocycles. The number of halogens is 1. The number of hydrogen-bond donors (Lipinski definition) is 2. The average Bonchev–Trinajstić information content (AvgIpc) is 2.84. The van der Waals surface area contributed by atoms with Gasteiger partial charge in [-0.25, -0.2) is 0 Å². The zero-order valence-electron chi connectivity index (χ0n) is 8.92. The van der Waals surface area contributed by atoms with Crippen molar-refractivity contribution in [1.82, 2.24) is 25.2 Å². The molecular weight excluding hydrogens is 274 g/mol. The molecule has 7 heteroatoms. The van der Waals surface area contributed by atoms with Gasteiger partial charge in [0.1, 0.15) is 11.8 Å². The van der Waals surface area contributed by atoms with Gasteiger partial charge in [0.25, 0.3) is 0 Å². The zero-order valence-corrected chi connectivity index (χ0v) is 10.5. The molecular formula is C9H12BrN5O. The normalized spacial score (nSPS) is 13.3. The summed E-state index contributed by atoms with van der Waals surface area (Å²) in [6.45, 7) is 4.00. The van der Waals surface area contributed by atoms with Crippen LogP contribution in [0.2, 0.25) is 0 Å². The van der Waals surface area contributed by atoms with Gasteiger partial charge in [0.2, 0.25) is 0 Å². The van der Waals surface area contributed by atoms with Crippen LogP contribution in [0.5, 0.6) is 0 Å². The molecule has 0 aliphatic rings. The SMILES string of the molecule is CC(C)n1ncc(Br)c1C(O)c1cn[nH]n1. The van der Waals surface area contributed by atoms with Crippen LogP contribution in [-0.2, 0) is 0 Å². The number of rotatable bonds is 3. The first-order chi connectivity index (χ1) is 7.61. The van der Waals surface area contributed by atoms with Crippen LogP contribution >= 0.6 is 15.9 Å². The van der Waals surface area contributed by atoms with Crippen LogP contribution in [0.15, 0.2) is 16.9 Å². The summed E-state index contributed by atoms with van der Waals surface area (Å²) in [5, 5.41) is 24.4. The van der Waals surface area contributed by atoms with E-state index in [-0.39, 0.29) is 6.04 Å². The van der Waals surface area contributed by atoms with E-state index in [9.17, 15) is 5.11 Å². The minimum atomic E-state index is -0.835. The first-order valence-electron chi connectivity index (χ1n) is 4.88. The third kappa shape index (κ3) is 1.88. The maximum absolute atomic E-state index is 10.2. The summed E-state index contributed by atoms with van der Waals surface area (Å²) >= 11 is 3.37. The molecule has 16 heavy (non-hydrogen) atoms. The molecule has 0 amide bonds. The standard InChI is InChI=1S/C9H12BrN5O/c1-5(2)15-8(6(10)3-12-15)9(16)7-4-11-14-13-7/h3-5,9,16H,1-2H3,(H,11,13,14). The fourth-order valence-corrected chi connectivity index (χ4v) is 1.99. The van der Waals surface area contributed by atoms with Crippen molar-refractivity contribution in [3.63, 3.8) is 0 Å². The molecule has 2 N–H and O–H groups in total. The number of aromatic amines is 1. The smallest absolute Gasteiger partial charge is 0.142 e. The van der Waals surface area contributed by atoms with Gasteiger partial charge in [-0.2, -0.15) is 20.5 Å². The Kier molecular flexibility index (Phi) is 3.06. The highest BCUT2D eigenvalue weighted by Gasteiger charge is 2.22. The molecule has 2 aromatic rings. The lowest BCUT2D eigenvalue weighted by Crippen LogP contribution is -2.12. The molecule has 6 nitrogen and oxygen atoms in total. The Morgan fingerprint density at radius 1 is 1.44 bits per heavy atom. The van der Waals surface area contributed by atoms with Crippen LogP contribution in [-0.4, -0.2) is 30.3 Å². The van der Waals surface area contributed by atoms with E-state index in [0.29, 0.717) is 11.4 Å². The van der Waals surface area contributed by atoms with E-state index in [1.807, 2.05) is 13.8 Å². The second kappa shape index (κ2) is 4.34. The Morgan fingerprint density at radius 3 is 2.75 bits per heavy atom. The summed E-state index contributed by atoms with van der Waals surface area (Å²) in [4.78, 5) is 0. The summed E-state index contributed by atoms with van der Waals surface area (Å²) < 4.78 is 2.51. The Balaban J connectivity index is 2.43. The highest BCUT2D eigenvalue weighted by atomic mass is 79.9. The molecule has 2 rings (SSSR count). The molecule has 2 heterocycles. The summed E-state index contributed by atoms with van der Waals surface area (Å²) in [5.41, 5.74) is 1.16. The largest absolute Gasteiger partial charge is 0.380 e. The lowest BCUT2D eigenvalue weighted by Gasteiger charge is -2.14. The molecule has 0 fully saturated rings. The van der Waals surface area contributed by atoms with Crippen LogP contribution in [0.3, 0.4) is 0 Å². The number of nitrogens with zero attached hydrogens (tertiary/aromatic N) is 4. The summed E-state index contributed by atoms with van der Waals surface area (Å²) in [6, 6.07) is 0.169. The van der Waals surface area contributed by atoms with Gasteiger partial charge in [-0.05, 0) is 29.8 Å². The van der Waals surface area contributed by atoms with Crippen LogP contribution in [0.1, 0.15) is 37.4 Å². The van der Waals surface area contributed by atoms with Gasteiger partial charge in [0.05, 0.1) is 22.6 Å². The zero-order chi connectivity index (χ0) is 11.7. The Hall–Kier alpha value is -1.21. The quantitative estimate of drug-likeness (QED) is 0.894. The third-order valence-corrected chi connectivity index (χ3v) is 2.86. The number of H-pyrrole nitrogens is 1. The number of nitrogens with one attached hydrogen (secondary N) is 1. The van der Waals surface area contributed by atoms with E-state index in [1.165, 1.54) is 6.20 Å². The molecule has 1 unspecified atom stereocenters. The molecule has 0 aliphatic carbocycles. The maximum Gasteiger partial charge on any atom is 0.142 e. The van der Waals surface area contributed by atoms with Gasteiger partial charge in [0.15, 0.2) is 0 Å². The van der Waals surface area contributed by atoms with Gasteiger partial charge in [-0.1, -0.05) is 0 Å². The monoisotopic (exact) mass is 285 g/mol. The number of hydrogen-bond acceptors (Lipinski definition) is 4.